The van der Waals surface area contributed by atoms with E-state index in [0.29, 0.717) is 0 Å². The highest BCUT2D eigenvalue weighted by Gasteiger charge is 2.23. The van der Waals surface area contributed by atoms with E-state index in [1.807, 2.05) is 0 Å². The fourth-order valence-electron chi connectivity index (χ4n) is 9.23. The molecule has 3 nitrogen and oxygen atoms in total. The summed E-state index contributed by atoms with van der Waals surface area (Å²) in [6.07, 6.45) is -0.449. The van der Waals surface area contributed by atoms with Crippen molar-refractivity contribution >= 4 is 54.1 Å². The molecule has 0 spiro atoms. The quantitative estimate of drug-likeness (QED) is 0.152. The molecule has 1 aromatic heterocycles. The summed E-state index contributed by atoms with van der Waals surface area (Å²) in [5, 5.41) is 13.7. The Morgan fingerprint density at radius 3 is 1.37 bits per heavy atom. The molecule has 1 heterocycles. The van der Waals surface area contributed by atoms with Crippen LogP contribution in [0.1, 0.15) is 28.9 Å². The van der Waals surface area contributed by atoms with Crippen LogP contribution in [0.3, 0.4) is 0 Å². The van der Waals surface area contributed by atoms with E-state index >= 15 is 0 Å². The van der Waals surface area contributed by atoms with Crippen LogP contribution < -0.4 is 11.1 Å². The third-order valence-electron chi connectivity index (χ3n) is 12.1. The molecule has 0 saturated heterocycles. The van der Waals surface area contributed by atoms with Crippen LogP contribution in [0.4, 0.5) is 0 Å². The van der Waals surface area contributed by atoms with E-state index < -0.39 is 6.17 Å². The zero-order valence-corrected chi connectivity index (χ0v) is 32.5. The second kappa shape index (κ2) is 14.6. The Balaban J connectivity index is 0.987. The second-order valence-electron chi connectivity index (χ2n) is 15.5. The molecule has 10 aromatic carbocycles. The Morgan fingerprint density at radius 2 is 0.797 bits per heavy atom. The van der Waals surface area contributed by atoms with Crippen LogP contribution in [0.2, 0.25) is 0 Å². The van der Waals surface area contributed by atoms with Crippen LogP contribution in [0.25, 0.3) is 82.1 Å². The maximum atomic E-state index is 7.28. The standard InChI is InChI=1S/C56H41N3/c57-56(58-55(43-17-5-2-6-18-43)44-29-27-40(28-30-44)39-25-23-38(24-26-39)37-13-3-1-4-14-37)49-33-36-50(48-22-12-11-21-47(48)49)59-51-34-31-41-15-7-9-19-45(41)53(51)54-46-20-10-8-16-42(46)32-35-52(54)59/h1-36,55-56,58H,57H2. The summed E-state index contributed by atoms with van der Waals surface area (Å²) >= 11 is 0. The van der Waals surface area contributed by atoms with Crippen molar-refractivity contribution in [1.82, 2.24) is 9.88 Å². The van der Waals surface area contributed by atoms with Crippen molar-refractivity contribution in [2.45, 2.75) is 12.2 Å². The summed E-state index contributed by atoms with van der Waals surface area (Å²) in [7, 11) is 0. The molecule has 2 atom stereocenters. The molecule has 59 heavy (non-hydrogen) atoms. The molecule has 0 amide bonds. The number of fused-ring (bicyclic) bond motifs is 8. The molecule has 0 aliphatic carbocycles. The van der Waals surface area contributed by atoms with Crippen molar-refractivity contribution in [3.05, 3.63) is 235 Å². The predicted octanol–water partition coefficient (Wildman–Crippen LogP) is 13.9. The number of hydrogen-bond donors (Lipinski definition) is 2. The number of nitrogens with two attached hydrogens (primary N) is 1. The summed E-state index contributed by atoms with van der Waals surface area (Å²) in [5.41, 5.74) is 19.0. The fourth-order valence-corrected chi connectivity index (χ4v) is 9.23. The Hall–Kier alpha value is -7.30. The van der Waals surface area contributed by atoms with Crippen LogP contribution in [0.15, 0.2) is 218 Å². The molecular weight excluding hydrogens is 715 g/mol. The summed E-state index contributed by atoms with van der Waals surface area (Å²) in [6.45, 7) is 0. The first kappa shape index (κ1) is 34.9. The van der Waals surface area contributed by atoms with E-state index in [0.717, 1.165) is 33.2 Å². The number of benzene rings is 10. The molecule has 3 heteroatoms. The topological polar surface area (TPSA) is 43.0 Å². The van der Waals surface area contributed by atoms with E-state index in [2.05, 4.69) is 228 Å². The summed E-state index contributed by atoms with van der Waals surface area (Å²) in [6, 6.07) is 78.5. The molecule has 0 radical (unpaired) electrons. The van der Waals surface area contributed by atoms with Crippen molar-refractivity contribution in [2.24, 2.45) is 5.73 Å². The molecule has 0 aliphatic rings. The number of aromatic nitrogens is 1. The van der Waals surface area contributed by atoms with E-state index in [-0.39, 0.29) is 6.04 Å². The van der Waals surface area contributed by atoms with Crippen molar-refractivity contribution < 1.29 is 0 Å². The fraction of sp³-hybridized carbons (Fsp3) is 0.0357. The third-order valence-corrected chi connectivity index (χ3v) is 12.1. The van der Waals surface area contributed by atoms with E-state index in [9.17, 15) is 0 Å². The lowest BCUT2D eigenvalue weighted by Crippen LogP contribution is -2.33. The van der Waals surface area contributed by atoms with Crippen molar-refractivity contribution in [2.75, 3.05) is 0 Å². The summed E-state index contributed by atoms with van der Waals surface area (Å²) in [5.74, 6) is 0. The minimum atomic E-state index is -0.449. The maximum absolute atomic E-state index is 7.28. The van der Waals surface area contributed by atoms with Gasteiger partial charge in [-0.3, -0.25) is 5.32 Å². The zero-order chi connectivity index (χ0) is 39.3. The van der Waals surface area contributed by atoms with Crippen LogP contribution in [-0.4, -0.2) is 4.57 Å². The lowest BCUT2D eigenvalue weighted by Gasteiger charge is -2.26. The highest BCUT2D eigenvalue weighted by Crippen LogP contribution is 2.42. The number of nitrogens with zero attached hydrogens (tertiary/aromatic N) is 1. The minimum absolute atomic E-state index is 0.127. The first-order valence-electron chi connectivity index (χ1n) is 20.4. The normalized spacial score (nSPS) is 12.8. The van der Waals surface area contributed by atoms with Gasteiger partial charge in [-0.25, -0.2) is 0 Å². The van der Waals surface area contributed by atoms with Crippen molar-refractivity contribution in [1.29, 1.82) is 0 Å². The lowest BCUT2D eigenvalue weighted by atomic mass is 9.94. The Kier molecular flexibility index (Phi) is 8.62. The monoisotopic (exact) mass is 755 g/mol. The third kappa shape index (κ3) is 6.07. The van der Waals surface area contributed by atoms with Gasteiger partial charge in [0.2, 0.25) is 0 Å². The number of nitrogens with one attached hydrogen (secondary N) is 1. The Labute approximate surface area is 343 Å². The molecule has 3 N–H and O–H groups in total. The average Bonchev–Trinajstić information content (AvgIpc) is 3.66. The van der Waals surface area contributed by atoms with Gasteiger partial charge in [-0.15, -0.1) is 0 Å². The van der Waals surface area contributed by atoms with Gasteiger partial charge in [0.05, 0.1) is 28.9 Å². The van der Waals surface area contributed by atoms with Gasteiger partial charge < -0.3 is 10.3 Å². The maximum Gasteiger partial charge on any atom is 0.0823 e. The summed E-state index contributed by atoms with van der Waals surface area (Å²) < 4.78 is 2.46. The van der Waals surface area contributed by atoms with E-state index in [4.69, 9.17) is 5.73 Å². The highest BCUT2D eigenvalue weighted by atomic mass is 15.1. The number of hydrogen-bond acceptors (Lipinski definition) is 2. The van der Waals surface area contributed by atoms with Gasteiger partial charge in [-0.2, -0.15) is 0 Å². The highest BCUT2D eigenvalue weighted by molar-refractivity contribution is 6.28. The van der Waals surface area contributed by atoms with Gasteiger partial charge in [0, 0.05) is 16.2 Å². The molecule has 0 bridgehead atoms. The number of rotatable bonds is 8. The van der Waals surface area contributed by atoms with Crippen molar-refractivity contribution in [3.63, 3.8) is 0 Å². The van der Waals surface area contributed by atoms with Crippen molar-refractivity contribution in [3.8, 4) is 27.9 Å². The van der Waals surface area contributed by atoms with Gasteiger partial charge in [-0.05, 0) is 84.1 Å². The Morgan fingerprint density at radius 1 is 0.356 bits per heavy atom. The largest absolute Gasteiger partial charge is 0.312 e. The molecule has 280 valence electrons. The van der Waals surface area contributed by atoms with Gasteiger partial charge in [-0.1, -0.05) is 200 Å². The second-order valence-corrected chi connectivity index (χ2v) is 15.5. The van der Waals surface area contributed by atoms with Gasteiger partial charge >= 0.3 is 0 Å². The molecule has 2 unspecified atom stereocenters. The molecule has 0 saturated carbocycles. The van der Waals surface area contributed by atoms with Crippen LogP contribution >= 0.6 is 0 Å². The van der Waals surface area contributed by atoms with Gasteiger partial charge in [0.25, 0.3) is 0 Å². The van der Waals surface area contributed by atoms with Gasteiger partial charge in [0.15, 0.2) is 0 Å². The van der Waals surface area contributed by atoms with Crippen LogP contribution in [-0.2, 0) is 0 Å². The molecular formula is C56H41N3. The first-order valence-corrected chi connectivity index (χ1v) is 20.4. The minimum Gasteiger partial charge on any atom is -0.312 e. The lowest BCUT2D eigenvalue weighted by molar-refractivity contribution is 0.501. The average molecular weight is 756 g/mol. The van der Waals surface area contributed by atoms with Crippen LogP contribution in [0.5, 0.6) is 0 Å². The first-order chi connectivity index (χ1) is 29.2. The smallest absolute Gasteiger partial charge is 0.0823 e. The zero-order valence-electron chi connectivity index (χ0n) is 32.5. The van der Waals surface area contributed by atoms with Gasteiger partial charge in [0.1, 0.15) is 0 Å². The van der Waals surface area contributed by atoms with E-state index in [1.165, 1.54) is 65.6 Å². The van der Waals surface area contributed by atoms with Crippen LogP contribution in [0, 0.1) is 0 Å². The summed E-state index contributed by atoms with van der Waals surface area (Å²) in [4.78, 5) is 0. The molecule has 0 fully saturated rings. The van der Waals surface area contributed by atoms with E-state index in [1.54, 1.807) is 0 Å². The molecule has 11 rings (SSSR count). The predicted molar refractivity (Wildman–Crippen MR) is 249 cm³/mol. The Bertz CT molecular complexity index is 3200. The molecule has 0 aliphatic heterocycles. The SMILES string of the molecule is NC(NC(c1ccccc1)c1ccc(-c2ccc(-c3ccccc3)cc2)cc1)c1ccc(-n2c3ccc4ccccc4c3c3c4ccccc4ccc32)c2ccccc12. The molecule has 11 aromatic rings.